The molecule has 2 N–H and O–H groups in total. The van der Waals surface area contributed by atoms with Gasteiger partial charge < -0.3 is 10.1 Å². The summed E-state index contributed by atoms with van der Waals surface area (Å²) in [5.41, 5.74) is 2.93. The third-order valence-corrected chi connectivity index (χ3v) is 5.92. The van der Waals surface area contributed by atoms with Gasteiger partial charge >= 0.3 is 0 Å². The average molecular weight is 435 g/mol. The second kappa shape index (κ2) is 8.61. The van der Waals surface area contributed by atoms with Gasteiger partial charge in [0.15, 0.2) is 11.6 Å². The first-order chi connectivity index (χ1) is 14.9. The molecule has 31 heavy (non-hydrogen) atoms. The lowest BCUT2D eigenvalue weighted by atomic mass is 10.2. The van der Waals surface area contributed by atoms with Crippen LogP contribution in [-0.2, 0) is 10.0 Å². The molecule has 0 atom stereocenters. The van der Waals surface area contributed by atoms with Crippen LogP contribution in [0.3, 0.4) is 0 Å². The van der Waals surface area contributed by atoms with Gasteiger partial charge in [0.2, 0.25) is 0 Å². The SMILES string of the molecule is CCOc1ccc(Nc2nc3ccccc3nc2NS(=O)(=O)c2ccc(C)cc2)cc1. The first-order valence-electron chi connectivity index (χ1n) is 9.81. The third kappa shape index (κ3) is 4.75. The summed E-state index contributed by atoms with van der Waals surface area (Å²) in [6.45, 7) is 4.40. The largest absolute Gasteiger partial charge is 0.494 e. The van der Waals surface area contributed by atoms with Crippen molar-refractivity contribution in [3.8, 4) is 5.75 Å². The van der Waals surface area contributed by atoms with Gasteiger partial charge in [-0.05, 0) is 62.4 Å². The molecule has 0 aliphatic carbocycles. The van der Waals surface area contributed by atoms with Gasteiger partial charge in [-0.2, -0.15) is 0 Å². The van der Waals surface area contributed by atoms with Crippen LogP contribution in [-0.4, -0.2) is 25.0 Å². The minimum atomic E-state index is -3.84. The Labute approximate surface area is 181 Å². The van der Waals surface area contributed by atoms with Gasteiger partial charge in [0, 0.05) is 5.69 Å². The van der Waals surface area contributed by atoms with Gasteiger partial charge in [-0.3, -0.25) is 4.72 Å². The second-order valence-corrected chi connectivity index (χ2v) is 8.59. The van der Waals surface area contributed by atoms with Gasteiger partial charge in [0.05, 0.1) is 22.5 Å². The zero-order chi connectivity index (χ0) is 21.8. The Morgan fingerprint density at radius 2 is 1.45 bits per heavy atom. The number of aryl methyl sites for hydroxylation is 1. The van der Waals surface area contributed by atoms with Crippen molar-refractivity contribution >= 4 is 38.4 Å². The van der Waals surface area contributed by atoms with Crippen LogP contribution >= 0.6 is 0 Å². The molecule has 0 saturated carbocycles. The molecule has 1 heterocycles. The number of ether oxygens (including phenoxy) is 1. The van der Waals surface area contributed by atoms with Crippen molar-refractivity contribution in [1.29, 1.82) is 0 Å². The molecule has 3 aromatic carbocycles. The number of para-hydroxylation sites is 2. The molecular weight excluding hydrogens is 412 g/mol. The minimum Gasteiger partial charge on any atom is -0.494 e. The van der Waals surface area contributed by atoms with E-state index >= 15 is 0 Å². The van der Waals surface area contributed by atoms with Crippen LogP contribution in [0.2, 0.25) is 0 Å². The molecule has 4 aromatic rings. The van der Waals surface area contributed by atoms with E-state index in [9.17, 15) is 8.42 Å². The number of aromatic nitrogens is 2. The van der Waals surface area contributed by atoms with Crippen LogP contribution in [0.15, 0.2) is 77.7 Å². The molecule has 0 aliphatic rings. The van der Waals surface area contributed by atoms with E-state index in [0.29, 0.717) is 23.5 Å². The fourth-order valence-corrected chi connectivity index (χ4v) is 4.01. The van der Waals surface area contributed by atoms with Crippen LogP contribution in [0.5, 0.6) is 5.75 Å². The van der Waals surface area contributed by atoms with Gasteiger partial charge in [0.1, 0.15) is 5.75 Å². The van der Waals surface area contributed by atoms with E-state index < -0.39 is 10.0 Å². The number of benzene rings is 3. The monoisotopic (exact) mass is 434 g/mol. The zero-order valence-corrected chi connectivity index (χ0v) is 18.0. The summed E-state index contributed by atoms with van der Waals surface area (Å²) in [5.74, 6) is 1.17. The number of nitrogens with one attached hydrogen (secondary N) is 2. The summed E-state index contributed by atoms with van der Waals surface area (Å²) >= 11 is 0. The topological polar surface area (TPSA) is 93.2 Å². The Balaban J connectivity index is 1.71. The molecule has 0 amide bonds. The third-order valence-electron chi connectivity index (χ3n) is 4.56. The first-order valence-corrected chi connectivity index (χ1v) is 11.3. The van der Waals surface area contributed by atoms with E-state index in [4.69, 9.17) is 4.74 Å². The maximum atomic E-state index is 12.9. The molecule has 158 valence electrons. The smallest absolute Gasteiger partial charge is 0.263 e. The zero-order valence-electron chi connectivity index (χ0n) is 17.2. The highest BCUT2D eigenvalue weighted by Crippen LogP contribution is 2.28. The Morgan fingerprint density at radius 3 is 2.06 bits per heavy atom. The van der Waals surface area contributed by atoms with Gasteiger partial charge in [-0.25, -0.2) is 18.4 Å². The molecule has 0 radical (unpaired) electrons. The average Bonchev–Trinajstić information content (AvgIpc) is 2.76. The van der Waals surface area contributed by atoms with Crippen molar-refractivity contribution in [2.24, 2.45) is 0 Å². The lowest BCUT2D eigenvalue weighted by molar-refractivity contribution is 0.340. The van der Waals surface area contributed by atoms with Crippen molar-refractivity contribution in [2.75, 3.05) is 16.6 Å². The molecule has 7 nitrogen and oxygen atoms in total. The van der Waals surface area contributed by atoms with Crippen molar-refractivity contribution in [2.45, 2.75) is 18.7 Å². The highest BCUT2D eigenvalue weighted by molar-refractivity contribution is 7.92. The van der Waals surface area contributed by atoms with Crippen molar-refractivity contribution in [3.63, 3.8) is 0 Å². The molecule has 0 saturated heterocycles. The summed E-state index contributed by atoms with van der Waals surface area (Å²) in [7, 11) is -3.84. The Kier molecular flexibility index (Phi) is 5.73. The number of hydrogen-bond donors (Lipinski definition) is 2. The van der Waals surface area contributed by atoms with Crippen LogP contribution < -0.4 is 14.8 Å². The summed E-state index contributed by atoms with van der Waals surface area (Å²) < 4.78 is 33.9. The quantitative estimate of drug-likeness (QED) is 0.431. The highest BCUT2D eigenvalue weighted by atomic mass is 32.2. The van der Waals surface area contributed by atoms with Crippen molar-refractivity contribution in [1.82, 2.24) is 9.97 Å². The van der Waals surface area contributed by atoms with Gasteiger partial charge in [0.25, 0.3) is 10.0 Å². The van der Waals surface area contributed by atoms with E-state index in [1.54, 1.807) is 30.3 Å². The Bertz CT molecular complexity index is 1310. The first kappa shape index (κ1) is 20.6. The Hall–Kier alpha value is -3.65. The van der Waals surface area contributed by atoms with Crippen molar-refractivity contribution < 1.29 is 13.2 Å². The maximum absolute atomic E-state index is 12.9. The maximum Gasteiger partial charge on any atom is 0.263 e. The summed E-state index contributed by atoms with van der Waals surface area (Å²) in [6, 6.07) is 21.2. The summed E-state index contributed by atoms with van der Waals surface area (Å²) in [5, 5.41) is 3.16. The molecule has 1 aromatic heterocycles. The molecule has 0 fully saturated rings. The molecule has 8 heteroatoms. The summed E-state index contributed by atoms with van der Waals surface area (Å²) in [4.78, 5) is 9.25. The van der Waals surface area contributed by atoms with E-state index in [1.807, 2.05) is 56.3 Å². The van der Waals surface area contributed by atoms with E-state index in [-0.39, 0.29) is 10.7 Å². The predicted octanol–water partition coefficient (Wildman–Crippen LogP) is 4.88. The van der Waals surface area contributed by atoms with E-state index in [0.717, 1.165) is 17.0 Å². The standard InChI is InChI=1S/C23H22N4O3S/c1-3-30-18-12-10-17(11-13-18)24-22-23(26-21-7-5-4-6-20(21)25-22)27-31(28,29)19-14-8-16(2)9-15-19/h4-15H,3H2,1-2H3,(H,24,25)(H,26,27). The number of rotatable bonds is 7. The fourth-order valence-electron chi connectivity index (χ4n) is 3.00. The molecular formula is C23H22N4O3S. The highest BCUT2D eigenvalue weighted by Gasteiger charge is 2.19. The van der Waals surface area contributed by atoms with Gasteiger partial charge in [-0.1, -0.05) is 29.8 Å². The van der Waals surface area contributed by atoms with Gasteiger partial charge in [-0.15, -0.1) is 0 Å². The lowest BCUT2D eigenvalue weighted by Crippen LogP contribution is -2.16. The predicted molar refractivity (Wildman–Crippen MR) is 122 cm³/mol. The number of anilines is 3. The number of nitrogens with zero attached hydrogens (tertiary/aromatic N) is 2. The van der Waals surface area contributed by atoms with Crippen LogP contribution in [0, 0.1) is 6.92 Å². The fraction of sp³-hybridized carbons (Fsp3) is 0.130. The number of sulfonamides is 1. The second-order valence-electron chi connectivity index (χ2n) is 6.91. The van der Waals surface area contributed by atoms with Crippen LogP contribution in [0.4, 0.5) is 17.3 Å². The molecule has 0 aliphatic heterocycles. The number of fused-ring (bicyclic) bond motifs is 1. The number of hydrogen-bond acceptors (Lipinski definition) is 6. The molecule has 0 unspecified atom stereocenters. The lowest BCUT2D eigenvalue weighted by Gasteiger charge is -2.14. The normalized spacial score (nSPS) is 11.3. The van der Waals surface area contributed by atoms with Crippen molar-refractivity contribution in [3.05, 3.63) is 78.4 Å². The van der Waals surface area contributed by atoms with Crippen LogP contribution in [0.25, 0.3) is 11.0 Å². The minimum absolute atomic E-state index is 0.119. The van der Waals surface area contributed by atoms with E-state index in [2.05, 4.69) is 20.0 Å². The van der Waals surface area contributed by atoms with E-state index in [1.165, 1.54) is 0 Å². The Morgan fingerprint density at radius 1 is 0.839 bits per heavy atom. The molecule has 0 spiro atoms. The van der Waals surface area contributed by atoms with Crippen LogP contribution in [0.1, 0.15) is 12.5 Å². The summed E-state index contributed by atoms with van der Waals surface area (Å²) in [6.07, 6.45) is 0. The molecule has 0 bridgehead atoms. The molecule has 4 rings (SSSR count).